The van der Waals surface area contributed by atoms with Gasteiger partial charge < -0.3 is 0 Å². The van der Waals surface area contributed by atoms with E-state index < -0.39 is 0 Å². The molecule has 1 heterocycles. The van der Waals surface area contributed by atoms with Gasteiger partial charge in [-0.1, -0.05) is 46.3 Å². The van der Waals surface area contributed by atoms with E-state index in [1.54, 1.807) is 6.21 Å². The first-order valence-corrected chi connectivity index (χ1v) is 9.46. The lowest BCUT2D eigenvalue weighted by molar-refractivity contribution is -0.118. The fourth-order valence-electron chi connectivity index (χ4n) is 2.31. The molecule has 3 rings (SSSR count). The van der Waals surface area contributed by atoms with Crippen LogP contribution < -0.4 is 5.43 Å². The molecule has 0 unspecified atom stereocenters. The maximum atomic E-state index is 12.0. The van der Waals surface area contributed by atoms with E-state index in [-0.39, 0.29) is 11.7 Å². The number of aryl methyl sites for hydroxylation is 1. The van der Waals surface area contributed by atoms with E-state index in [4.69, 9.17) is 0 Å². The average molecular weight is 414 g/mol. The molecule has 0 aliphatic rings. The zero-order valence-electron chi connectivity index (χ0n) is 13.6. The third kappa shape index (κ3) is 4.90. The van der Waals surface area contributed by atoms with Crippen LogP contribution in [0, 0.1) is 6.92 Å². The number of hydrogen-bond donors (Lipinski definition) is 1. The Morgan fingerprint density at radius 1 is 1.24 bits per heavy atom. The highest BCUT2D eigenvalue weighted by molar-refractivity contribution is 9.10. The summed E-state index contributed by atoms with van der Waals surface area (Å²) in [6.07, 6.45) is 1.63. The number of carbonyl (C=O) groups excluding carboxylic acids is 1. The summed E-state index contributed by atoms with van der Waals surface area (Å²) in [5.74, 6) is 0.145. The second-order valence-corrected chi connectivity index (χ2v) is 7.35. The first-order chi connectivity index (χ1) is 12.1. The number of nitrogens with zero attached hydrogens (tertiary/aromatic N) is 2. The number of halogens is 1. The van der Waals surface area contributed by atoms with Crippen LogP contribution >= 0.6 is 27.7 Å². The van der Waals surface area contributed by atoms with Gasteiger partial charge in [-0.2, -0.15) is 5.10 Å². The number of fused-ring (bicyclic) bond motifs is 1. The fourth-order valence-corrected chi connectivity index (χ4v) is 3.59. The van der Waals surface area contributed by atoms with Gasteiger partial charge in [-0.15, -0.1) is 11.8 Å². The van der Waals surface area contributed by atoms with E-state index in [2.05, 4.69) is 31.4 Å². The van der Waals surface area contributed by atoms with Crippen LogP contribution in [0.1, 0.15) is 11.3 Å². The maximum Gasteiger partial charge on any atom is 0.250 e. The molecule has 3 aromatic rings. The minimum absolute atomic E-state index is 0.144. The highest BCUT2D eigenvalue weighted by Crippen LogP contribution is 2.29. The smallest absolute Gasteiger partial charge is 0.250 e. The molecule has 2 aromatic carbocycles. The third-order valence-electron chi connectivity index (χ3n) is 3.42. The standard InChI is InChI=1S/C19H16BrN3OS/c1-13-9-18(16-10-15(20)7-8-17(16)22-13)25-12-19(24)23-21-11-14-5-3-2-4-6-14/h2-11H,12H2,1H3,(H,23,24)/b21-11+. The topological polar surface area (TPSA) is 54.4 Å². The quantitative estimate of drug-likeness (QED) is 0.379. The van der Waals surface area contributed by atoms with Crippen molar-refractivity contribution in [3.05, 3.63) is 70.3 Å². The van der Waals surface area contributed by atoms with Crippen molar-refractivity contribution in [3.63, 3.8) is 0 Å². The highest BCUT2D eigenvalue weighted by Gasteiger charge is 2.08. The monoisotopic (exact) mass is 413 g/mol. The van der Waals surface area contributed by atoms with Gasteiger partial charge in [-0.3, -0.25) is 9.78 Å². The number of pyridine rings is 1. The fraction of sp³-hybridized carbons (Fsp3) is 0.105. The van der Waals surface area contributed by atoms with Crippen molar-refractivity contribution in [1.29, 1.82) is 0 Å². The van der Waals surface area contributed by atoms with Crippen molar-refractivity contribution < 1.29 is 4.79 Å². The Hall–Kier alpha value is -2.18. The summed E-state index contributed by atoms with van der Waals surface area (Å²) in [7, 11) is 0. The molecule has 1 aromatic heterocycles. The molecule has 0 spiro atoms. The molecular weight excluding hydrogens is 398 g/mol. The molecule has 1 N–H and O–H groups in total. The van der Waals surface area contributed by atoms with Crippen molar-refractivity contribution in [2.24, 2.45) is 5.10 Å². The van der Waals surface area contributed by atoms with Gasteiger partial charge in [0.25, 0.3) is 0 Å². The Bertz CT molecular complexity index is 929. The Morgan fingerprint density at radius 3 is 2.84 bits per heavy atom. The van der Waals surface area contributed by atoms with Gasteiger partial charge in [0.1, 0.15) is 0 Å². The van der Waals surface area contributed by atoms with Crippen LogP contribution in [0.15, 0.2) is 69.1 Å². The molecule has 0 aliphatic carbocycles. The van der Waals surface area contributed by atoms with Crippen molar-refractivity contribution in [2.75, 3.05) is 5.75 Å². The minimum atomic E-state index is -0.144. The lowest BCUT2D eigenvalue weighted by atomic mass is 10.2. The van der Waals surface area contributed by atoms with Crippen LogP contribution in [0.5, 0.6) is 0 Å². The summed E-state index contributed by atoms with van der Waals surface area (Å²) in [4.78, 5) is 17.6. The highest BCUT2D eigenvalue weighted by atomic mass is 79.9. The molecule has 6 heteroatoms. The van der Waals surface area contributed by atoms with Crippen LogP contribution in [0.4, 0.5) is 0 Å². The zero-order valence-corrected chi connectivity index (χ0v) is 16.0. The SMILES string of the molecule is Cc1cc(SCC(=O)N/N=C/c2ccccc2)c2cc(Br)ccc2n1. The molecule has 4 nitrogen and oxygen atoms in total. The largest absolute Gasteiger partial charge is 0.272 e. The Morgan fingerprint density at radius 2 is 2.04 bits per heavy atom. The van der Waals surface area contributed by atoms with E-state index >= 15 is 0 Å². The van der Waals surface area contributed by atoms with Crippen molar-refractivity contribution in [1.82, 2.24) is 10.4 Å². The first kappa shape index (κ1) is 17.6. The number of nitrogens with one attached hydrogen (secondary N) is 1. The molecule has 0 atom stereocenters. The number of hydrogen-bond acceptors (Lipinski definition) is 4. The van der Waals surface area contributed by atoms with Crippen LogP contribution in [-0.4, -0.2) is 22.9 Å². The van der Waals surface area contributed by atoms with Gasteiger partial charge in [0.15, 0.2) is 0 Å². The number of carbonyl (C=O) groups is 1. The molecule has 0 aliphatic heterocycles. The Balaban J connectivity index is 1.65. The number of aromatic nitrogens is 1. The summed E-state index contributed by atoms with van der Waals surface area (Å²) >= 11 is 4.97. The van der Waals surface area contributed by atoms with Crippen LogP contribution in [0.2, 0.25) is 0 Å². The molecule has 0 radical (unpaired) electrons. The predicted molar refractivity (Wildman–Crippen MR) is 107 cm³/mol. The summed E-state index contributed by atoms with van der Waals surface area (Å²) in [5.41, 5.74) is 5.36. The van der Waals surface area contributed by atoms with Crippen molar-refractivity contribution >= 4 is 50.7 Å². The Labute approximate surface area is 158 Å². The molecule has 126 valence electrons. The van der Waals surface area contributed by atoms with Gasteiger partial charge in [0.2, 0.25) is 5.91 Å². The molecule has 0 saturated carbocycles. The number of thioether (sulfide) groups is 1. The molecule has 25 heavy (non-hydrogen) atoms. The summed E-state index contributed by atoms with van der Waals surface area (Å²) in [6.45, 7) is 1.95. The van der Waals surface area contributed by atoms with E-state index in [0.29, 0.717) is 0 Å². The number of amides is 1. The molecule has 0 saturated heterocycles. The average Bonchev–Trinajstić information content (AvgIpc) is 2.61. The van der Waals surface area contributed by atoms with Crippen molar-refractivity contribution in [2.45, 2.75) is 11.8 Å². The summed E-state index contributed by atoms with van der Waals surface area (Å²) < 4.78 is 0.990. The second-order valence-electron chi connectivity index (χ2n) is 5.42. The lowest BCUT2D eigenvalue weighted by Crippen LogP contribution is -2.19. The van der Waals surface area contributed by atoms with E-state index in [0.717, 1.165) is 31.5 Å². The van der Waals surface area contributed by atoms with Crippen LogP contribution in [0.25, 0.3) is 10.9 Å². The van der Waals surface area contributed by atoms with Crippen LogP contribution in [0.3, 0.4) is 0 Å². The molecule has 0 fully saturated rings. The van der Waals surface area contributed by atoms with Crippen LogP contribution in [-0.2, 0) is 4.79 Å². The zero-order chi connectivity index (χ0) is 17.6. The van der Waals surface area contributed by atoms with E-state index in [9.17, 15) is 4.79 Å². The summed E-state index contributed by atoms with van der Waals surface area (Å²) in [6, 6.07) is 17.6. The van der Waals surface area contributed by atoms with Gasteiger partial charge in [-0.05, 0) is 36.8 Å². The normalized spacial score (nSPS) is 11.1. The minimum Gasteiger partial charge on any atom is -0.272 e. The second kappa shape index (κ2) is 8.27. The van der Waals surface area contributed by atoms with Gasteiger partial charge >= 0.3 is 0 Å². The Kier molecular flexibility index (Phi) is 5.83. The van der Waals surface area contributed by atoms with E-state index in [1.807, 2.05) is 61.5 Å². The predicted octanol–water partition coefficient (Wildman–Crippen LogP) is 4.55. The van der Waals surface area contributed by atoms with Crippen molar-refractivity contribution in [3.8, 4) is 0 Å². The maximum absolute atomic E-state index is 12.0. The number of benzene rings is 2. The molecular formula is C19H16BrN3OS. The summed E-state index contributed by atoms with van der Waals surface area (Å²) in [5, 5.41) is 5.02. The first-order valence-electron chi connectivity index (χ1n) is 7.68. The number of rotatable bonds is 5. The third-order valence-corrected chi connectivity index (χ3v) is 4.97. The van der Waals surface area contributed by atoms with Gasteiger partial charge in [0, 0.05) is 20.4 Å². The molecule has 1 amide bonds. The molecule has 0 bridgehead atoms. The van der Waals surface area contributed by atoms with E-state index in [1.165, 1.54) is 11.8 Å². The number of hydrazone groups is 1. The van der Waals surface area contributed by atoms with Gasteiger partial charge in [0.05, 0.1) is 17.5 Å². The lowest BCUT2D eigenvalue weighted by Gasteiger charge is -2.07. The van der Waals surface area contributed by atoms with Gasteiger partial charge in [-0.25, -0.2) is 5.43 Å².